The van der Waals surface area contributed by atoms with Crippen molar-refractivity contribution >= 4 is 21.8 Å². The Morgan fingerprint density at radius 3 is 2.53 bits per heavy atom. The highest BCUT2D eigenvalue weighted by atomic mass is 32.2. The summed E-state index contributed by atoms with van der Waals surface area (Å²) in [5, 5.41) is 13.4. The number of ether oxygens (including phenoxy) is 2. The molecule has 1 spiro atoms. The highest BCUT2D eigenvalue weighted by Crippen LogP contribution is 2.36. The van der Waals surface area contributed by atoms with E-state index >= 15 is 0 Å². The molecule has 5 aliphatic rings. The molecule has 0 unspecified atom stereocenters. The number of amides is 1. The molecule has 14 heteroatoms. The quantitative estimate of drug-likeness (QED) is 0.419. The van der Waals surface area contributed by atoms with Gasteiger partial charge in [0.2, 0.25) is 10.0 Å². The number of sulfonamides is 1. The Balaban J connectivity index is 1.38. The maximum Gasteiger partial charge on any atom is 0.416 e. The molecule has 1 fully saturated rings. The van der Waals surface area contributed by atoms with Crippen molar-refractivity contribution < 1.29 is 41.0 Å². The molecular weight excluding hydrogens is 637 g/mol. The van der Waals surface area contributed by atoms with E-state index in [4.69, 9.17) is 15.2 Å². The fourth-order valence-electron chi connectivity index (χ4n) is 6.31. The Kier molecular flexibility index (Phi) is 11.0. The highest BCUT2D eigenvalue weighted by molar-refractivity contribution is 7.89. The van der Waals surface area contributed by atoms with Gasteiger partial charge < -0.3 is 25.6 Å². The molecule has 258 valence electrons. The van der Waals surface area contributed by atoms with Crippen molar-refractivity contribution in [3.05, 3.63) is 64.2 Å². The van der Waals surface area contributed by atoms with Crippen LogP contribution in [0, 0.1) is 6.92 Å². The SMILES string of the molecule is Cc1cc2ccc1CCS(=O)(=O)N1CCC3(CC1)N=C(NC3=O)c1cc(cc(C(F)(F)F)c1)OCCCCCO[C@@H](CN)[C@@H](O)CC2. The molecule has 1 saturated heterocycles. The minimum atomic E-state index is -4.66. The number of nitrogens with one attached hydrogen (secondary N) is 1. The molecule has 2 aromatic rings. The first-order valence-corrected chi connectivity index (χ1v) is 17.7. The minimum Gasteiger partial charge on any atom is -0.494 e. The largest absolute Gasteiger partial charge is 0.494 e. The Bertz CT molecular complexity index is 1570. The van der Waals surface area contributed by atoms with Crippen LogP contribution in [0.15, 0.2) is 41.4 Å². The van der Waals surface area contributed by atoms with E-state index in [9.17, 15) is 31.5 Å². The first-order chi connectivity index (χ1) is 22.3. The molecule has 0 aliphatic carbocycles. The van der Waals surface area contributed by atoms with E-state index in [1.807, 2.05) is 25.1 Å². The van der Waals surface area contributed by atoms with Gasteiger partial charge in [-0.1, -0.05) is 18.2 Å². The van der Waals surface area contributed by atoms with Crippen LogP contribution in [-0.2, 0) is 38.6 Å². The molecule has 47 heavy (non-hydrogen) atoms. The summed E-state index contributed by atoms with van der Waals surface area (Å²) in [4.78, 5) is 17.7. The fraction of sp³-hybridized carbons (Fsp3) is 0.576. The maximum absolute atomic E-state index is 13.8. The second-order valence-electron chi connectivity index (χ2n) is 12.6. The number of aliphatic hydroxyl groups excluding tert-OH is 1. The number of hydrogen-bond donors (Lipinski definition) is 3. The van der Waals surface area contributed by atoms with Gasteiger partial charge in [0, 0.05) is 31.8 Å². The Morgan fingerprint density at radius 2 is 1.83 bits per heavy atom. The second-order valence-corrected chi connectivity index (χ2v) is 14.7. The molecule has 2 aromatic carbocycles. The monoisotopic (exact) mass is 680 g/mol. The third-order valence-electron chi connectivity index (χ3n) is 9.25. The van der Waals surface area contributed by atoms with E-state index in [0.29, 0.717) is 45.1 Å². The smallest absolute Gasteiger partial charge is 0.416 e. The number of nitrogens with two attached hydrogens (primary N) is 1. The molecule has 5 aliphatic heterocycles. The lowest BCUT2D eigenvalue weighted by molar-refractivity contribution is -0.137. The van der Waals surface area contributed by atoms with Crippen molar-refractivity contribution in [2.45, 2.75) is 82.2 Å². The van der Waals surface area contributed by atoms with Crippen LogP contribution >= 0.6 is 0 Å². The summed E-state index contributed by atoms with van der Waals surface area (Å²) in [6, 6.07) is 9.14. The Labute approximate surface area is 273 Å². The zero-order valence-electron chi connectivity index (χ0n) is 26.5. The van der Waals surface area contributed by atoms with Crippen LogP contribution in [0.1, 0.15) is 66.3 Å². The molecule has 0 saturated carbocycles. The summed E-state index contributed by atoms with van der Waals surface area (Å²) < 4.78 is 81.0. The number of aryl methyl sites for hydroxylation is 3. The molecule has 2 atom stereocenters. The molecule has 5 heterocycles. The molecule has 10 nitrogen and oxygen atoms in total. The number of aliphatic hydroxyl groups is 1. The van der Waals surface area contributed by atoms with Crippen LogP contribution < -0.4 is 15.8 Å². The minimum absolute atomic E-state index is 0.00233. The highest BCUT2D eigenvalue weighted by Gasteiger charge is 2.47. The molecule has 1 amide bonds. The maximum atomic E-state index is 13.8. The van der Waals surface area contributed by atoms with Gasteiger partial charge in [-0.3, -0.25) is 9.79 Å². The van der Waals surface area contributed by atoms with Gasteiger partial charge in [0.05, 0.1) is 30.1 Å². The third kappa shape index (κ3) is 8.52. The zero-order chi connectivity index (χ0) is 33.8. The number of hydrogen-bond acceptors (Lipinski definition) is 8. The van der Waals surface area contributed by atoms with Crippen molar-refractivity contribution in [2.75, 3.05) is 38.6 Å². The average molecular weight is 681 g/mol. The number of nitrogens with zero attached hydrogens (tertiary/aromatic N) is 2. The third-order valence-corrected chi connectivity index (χ3v) is 11.1. The van der Waals surface area contributed by atoms with Gasteiger partial charge >= 0.3 is 6.18 Å². The van der Waals surface area contributed by atoms with Crippen molar-refractivity contribution in [2.24, 2.45) is 10.7 Å². The summed E-state index contributed by atoms with van der Waals surface area (Å²) in [6.45, 7) is 2.74. The summed E-state index contributed by atoms with van der Waals surface area (Å²) >= 11 is 0. The number of benzene rings is 2. The first kappa shape index (κ1) is 35.3. The normalized spacial score (nSPS) is 27.8. The van der Waals surface area contributed by atoms with Crippen LogP contribution in [-0.4, -0.2) is 85.9 Å². The standard InChI is InChI=1S/C33H43F3N4O6S/c1-22-17-23-5-7-24(22)9-16-47(43,44)40-12-10-32(11-13-40)31(42)38-30(39-32)25-18-26(33(34,35)36)20-27(19-25)45-14-3-2-4-15-46-29(21-37)28(41)8-6-23/h5,7,17-20,28-29,41H,2-4,6,8-16,21,37H2,1H3,(H,38,39,42)/t28-,29-/m0/s1. The number of alkyl halides is 3. The van der Waals surface area contributed by atoms with Crippen molar-refractivity contribution in [1.82, 2.24) is 9.62 Å². The van der Waals surface area contributed by atoms with Crippen LogP contribution in [0.3, 0.4) is 0 Å². The number of fused-ring (bicyclic) bond motifs is 2. The number of carbonyl (C=O) groups excluding carboxylic acids is 1. The molecule has 7 bridgehead atoms. The van der Waals surface area contributed by atoms with E-state index in [2.05, 4.69) is 10.3 Å². The molecule has 0 aromatic heterocycles. The number of carbonyl (C=O) groups is 1. The van der Waals surface area contributed by atoms with Gasteiger partial charge in [0.25, 0.3) is 5.91 Å². The van der Waals surface area contributed by atoms with Crippen molar-refractivity contribution in [3.8, 4) is 5.75 Å². The van der Waals surface area contributed by atoms with E-state index in [0.717, 1.165) is 28.8 Å². The van der Waals surface area contributed by atoms with Gasteiger partial charge in [-0.05, 0) is 93.2 Å². The second kappa shape index (κ2) is 14.6. The molecule has 4 N–H and O–H groups in total. The topological polar surface area (TPSA) is 144 Å². The zero-order valence-corrected chi connectivity index (χ0v) is 27.3. The molecular formula is C33H43F3N4O6S. The van der Waals surface area contributed by atoms with Gasteiger partial charge in [-0.15, -0.1) is 0 Å². The van der Waals surface area contributed by atoms with Crippen LogP contribution in [0.2, 0.25) is 0 Å². The van der Waals surface area contributed by atoms with Gasteiger partial charge in [-0.2, -0.15) is 13.2 Å². The van der Waals surface area contributed by atoms with Gasteiger partial charge in [0.1, 0.15) is 17.1 Å². The lowest BCUT2D eigenvalue weighted by Crippen LogP contribution is -2.50. The summed E-state index contributed by atoms with van der Waals surface area (Å²) in [5.41, 5.74) is 6.62. The van der Waals surface area contributed by atoms with Gasteiger partial charge in [-0.25, -0.2) is 12.7 Å². The van der Waals surface area contributed by atoms with E-state index in [-0.39, 0.29) is 62.0 Å². The summed E-state index contributed by atoms with van der Waals surface area (Å²) in [6.07, 6.45) is -2.49. The number of halogens is 3. The fourth-order valence-corrected chi connectivity index (χ4v) is 7.79. The first-order valence-electron chi connectivity index (χ1n) is 16.1. The van der Waals surface area contributed by atoms with Crippen molar-refractivity contribution in [3.63, 3.8) is 0 Å². The molecule has 0 radical (unpaired) electrons. The predicted molar refractivity (Wildman–Crippen MR) is 171 cm³/mol. The van der Waals surface area contributed by atoms with Crippen molar-refractivity contribution in [1.29, 1.82) is 0 Å². The number of aliphatic imine (C=N–C) groups is 1. The van der Waals surface area contributed by atoms with Crippen LogP contribution in [0.5, 0.6) is 5.75 Å². The van der Waals surface area contributed by atoms with Crippen LogP contribution in [0.4, 0.5) is 13.2 Å². The lowest BCUT2D eigenvalue weighted by Gasteiger charge is -2.34. The van der Waals surface area contributed by atoms with Gasteiger partial charge in [0.15, 0.2) is 0 Å². The summed E-state index contributed by atoms with van der Waals surface area (Å²) in [5.74, 6) is -0.563. The van der Waals surface area contributed by atoms with Crippen LogP contribution in [0.25, 0.3) is 0 Å². The number of amidine groups is 1. The predicted octanol–water partition coefficient (Wildman–Crippen LogP) is 3.50. The lowest BCUT2D eigenvalue weighted by atomic mass is 9.89. The molecule has 7 rings (SSSR count). The van der Waals surface area contributed by atoms with E-state index < -0.39 is 45.4 Å². The van der Waals surface area contributed by atoms with E-state index in [1.54, 1.807) is 0 Å². The van der Waals surface area contributed by atoms with E-state index in [1.165, 1.54) is 10.4 Å². The number of rotatable bonds is 1. The number of piperidine rings is 1. The Hall–Kier alpha value is -3.04. The average Bonchev–Trinajstić information content (AvgIpc) is 3.34. The Morgan fingerprint density at radius 1 is 1.09 bits per heavy atom. The summed E-state index contributed by atoms with van der Waals surface area (Å²) in [7, 11) is -3.66.